The molecular weight excluding hydrogens is 277 g/mol. The summed E-state index contributed by atoms with van der Waals surface area (Å²) in [5, 5.41) is 11.0. The summed E-state index contributed by atoms with van der Waals surface area (Å²) in [6.45, 7) is -0.559. The van der Waals surface area contributed by atoms with Gasteiger partial charge in [-0.1, -0.05) is 23.2 Å². The van der Waals surface area contributed by atoms with E-state index in [1.165, 1.54) is 6.07 Å². The van der Waals surface area contributed by atoms with Crippen molar-refractivity contribution in [3.8, 4) is 0 Å². The maximum Gasteiger partial charge on any atom is 0.265 e. The fourth-order valence-electron chi connectivity index (χ4n) is 0.934. The number of rotatable bonds is 4. The third kappa shape index (κ3) is 4.07. The van der Waals surface area contributed by atoms with Gasteiger partial charge in [0.1, 0.15) is 11.3 Å². The molecule has 0 aliphatic heterocycles. The first-order valence-corrected chi connectivity index (χ1v) is 5.23. The average Bonchev–Trinajstić information content (AvgIpc) is 2.28. The lowest BCUT2D eigenvalue weighted by atomic mass is 10.2. The van der Waals surface area contributed by atoms with Crippen LogP contribution in [-0.2, 0) is 0 Å². The monoisotopic (exact) mass is 284 g/mol. The molecule has 1 atom stereocenters. The minimum absolute atomic E-state index is 0.0378. The van der Waals surface area contributed by atoms with Crippen LogP contribution in [0.2, 0.25) is 10.2 Å². The summed E-state index contributed by atoms with van der Waals surface area (Å²) in [5.74, 6) is -0.671. The Morgan fingerprint density at radius 3 is 2.71 bits per heavy atom. The lowest BCUT2D eigenvalue weighted by molar-refractivity contribution is -0.00270. The lowest BCUT2D eigenvalue weighted by Gasteiger charge is -2.10. The van der Waals surface area contributed by atoms with Gasteiger partial charge in [0.2, 0.25) is 0 Å². The Bertz CT molecular complexity index is 418. The average molecular weight is 285 g/mol. The first-order chi connectivity index (χ1) is 7.91. The Labute approximate surface area is 106 Å². The number of amides is 1. The first-order valence-electron chi connectivity index (χ1n) is 4.47. The van der Waals surface area contributed by atoms with E-state index in [4.69, 9.17) is 28.3 Å². The van der Waals surface area contributed by atoms with Gasteiger partial charge >= 0.3 is 0 Å². The molecule has 8 heteroatoms. The second-order valence-corrected chi connectivity index (χ2v) is 3.87. The molecule has 0 saturated heterocycles. The number of carbonyl (C=O) groups excluding carboxylic acids is 1. The van der Waals surface area contributed by atoms with Crippen LogP contribution < -0.4 is 5.32 Å². The largest absolute Gasteiger partial charge is 0.385 e. The third-order valence-electron chi connectivity index (χ3n) is 1.82. The summed E-state index contributed by atoms with van der Waals surface area (Å²) in [4.78, 5) is 15.1. The number of nitrogens with zero attached hydrogens (tertiary/aromatic N) is 1. The molecule has 4 nitrogen and oxygen atoms in total. The van der Waals surface area contributed by atoms with Crippen molar-refractivity contribution in [3.05, 3.63) is 28.0 Å². The second kappa shape index (κ2) is 6.09. The minimum Gasteiger partial charge on any atom is -0.385 e. The van der Waals surface area contributed by atoms with E-state index in [1.807, 2.05) is 0 Å². The van der Waals surface area contributed by atoms with Gasteiger partial charge < -0.3 is 10.4 Å². The Hall–Kier alpha value is -0.980. The smallest absolute Gasteiger partial charge is 0.265 e. The van der Waals surface area contributed by atoms with Crippen LogP contribution in [0.4, 0.5) is 8.78 Å². The van der Waals surface area contributed by atoms with Gasteiger partial charge in [0.05, 0.1) is 10.6 Å². The number of aliphatic hydroxyl groups excluding tert-OH is 1. The molecule has 17 heavy (non-hydrogen) atoms. The predicted octanol–water partition coefficient (Wildman–Crippen LogP) is 1.74. The zero-order valence-corrected chi connectivity index (χ0v) is 9.84. The van der Waals surface area contributed by atoms with E-state index in [2.05, 4.69) is 10.3 Å². The third-order valence-corrected chi connectivity index (χ3v) is 2.51. The molecule has 0 fully saturated rings. The fourth-order valence-corrected chi connectivity index (χ4v) is 1.20. The number of aliphatic hydroxyl groups is 1. The number of hydrogen-bond acceptors (Lipinski definition) is 3. The van der Waals surface area contributed by atoms with Crippen molar-refractivity contribution in [3.63, 3.8) is 0 Å². The Morgan fingerprint density at radius 2 is 2.18 bits per heavy atom. The van der Waals surface area contributed by atoms with E-state index in [9.17, 15) is 13.6 Å². The number of pyridine rings is 1. The summed E-state index contributed by atoms with van der Waals surface area (Å²) in [6.07, 6.45) is -3.67. The van der Waals surface area contributed by atoms with Gasteiger partial charge in [0.15, 0.2) is 0 Å². The number of nitrogens with one attached hydrogen (secondary N) is 1. The summed E-state index contributed by atoms with van der Waals surface area (Å²) < 4.78 is 23.9. The molecule has 2 N–H and O–H groups in total. The van der Waals surface area contributed by atoms with Gasteiger partial charge in [-0.05, 0) is 6.07 Å². The number of alkyl halides is 2. The Kier molecular flexibility index (Phi) is 5.04. The van der Waals surface area contributed by atoms with Crippen LogP contribution in [0, 0.1) is 0 Å². The van der Waals surface area contributed by atoms with Crippen LogP contribution >= 0.6 is 23.2 Å². The van der Waals surface area contributed by atoms with Crippen molar-refractivity contribution < 1.29 is 18.7 Å². The second-order valence-electron chi connectivity index (χ2n) is 3.11. The van der Waals surface area contributed by atoms with Crippen molar-refractivity contribution in [2.45, 2.75) is 12.5 Å². The van der Waals surface area contributed by atoms with E-state index >= 15 is 0 Å². The highest BCUT2D eigenvalue weighted by Crippen LogP contribution is 2.19. The van der Waals surface area contributed by atoms with Crippen molar-refractivity contribution in [2.75, 3.05) is 6.54 Å². The van der Waals surface area contributed by atoms with Crippen molar-refractivity contribution >= 4 is 29.1 Å². The quantitative estimate of drug-likeness (QED) is 0.828. The molecule has 1 aromatic rings. The van der Waals surface area contributed by atoms with Gasteiger partial charge in [0, 0.05) is 12.7 Å². The summed E-state index contributed by atoms with van der Waals surface area (Å²) in [7, 11) is 0. The minimum atomic E-state index is -2.91. The molecule has 1 rings (SSSR count). The summed E-state index contributed by atoms with van der Waals surface area (Å²) >= 11 is 11.2. The highest BCUT2D eigenvalue weighted by atomic mass is 35.5. The number of hydrogen-bond donors (Lipinski definition) is 2. The van der Waals surface area contributed by atoms with E-state index in [0.717, 1.165) is 6.20 Å². The molecule has 94 valence electrons. The van der Waals surface area contributed by atoms with Crippen LogP contribution in [-0.4, -0.2) is 35.1 Å². The maximum atomic E-state index is 11.9. The Balaban J connectivity index is 2.61. The van der Waals surface area contributed by atoms with E-state index in [1.54, 1.807) is 0 Å². The van der Waals surface area contributed by atoms with Crippen LogP contribution in [0.15, 0.2) is 12.3 Å². The molecule has 0 radical (unpaired) electrons. The van der Waals surface area contributed by atoms with Gasteiger partial charge in [-0.3, -0.25) is 4.79 Å². The van der Waals surface area contributed by atoms with E-state index < -0.39 is 25.0 Å². The maximum absolute atomic E-state index is 11.9. The van der Waals surface area contributed by atoms with Gasteiger partial charge in [-0.25, -0.2) is 13.8 Å². The molecular formula is C9H8Cl2F2N2O2. The van der Waals surface area contributed by atoms with Crippen LogP contribution in [0.3, 0.4) is 0 Å². The fraction of sp³-hybridized carbons (Fsp3) is 0.333. The molecule has 1 heterocycles. The predicted molar refractivity (Wildman–Crippen MR) is 58.6 cm³/mol. The van der Waals surface area contributed by atoms with E-state index in [0.29, 0.717) is 0 Å². The molecule has 0 aliphatic rings. The van der Waals surface area contributed by atoms with Crippen LogP contribution in [0.5, 0.6) is 0 Å². The molecule has 1 amide bonds. The van der Waals surface area contributed by atoms with Crippen molar-refractivity contribution in [2.24, 2.45) is 0 Å². The van der Waals surface area contributed by atoms with Gasteiger partial charge in [0.25, 0.3) is 12.3 Å². The van der Waals surface area contributed by atoms with E-state index in [-0.39, 0.29) is 15.7 Å². The zero-order chi connectivity index (χ0) is 13.0. The highest BCUT2D eigenvalue weighted by Gasteiger charge is 2.18. The lowest BCUT2D eigenvalue weighted by Crippen LogP contribution is -2.35. The molecule has 0 saturated carbocycles. The Morgan fingerprint density at radius 1 is 1.53 bits per heavy atom. The molecule has 1 aromatic heterocycles. The zero-order valence-electron chi connectivity index (χ0n) is 8.33. The molecule has 0 aromatic carbocycles. The molecule has 1 unspecified atom stereocenters. The van der Waals surface area contributed by atoms with Crippen molar-refractivity contribution in [1.82, 2.24) is 10.3 Å². The SMILES string of the molecule is O=C(NCC(O)C(F)F)c1cnc(Cl)c(Cl)c1. The normalized spacial score (nSPS) is 12.6. The standard InChI is InChI=1S/C9H8Cl2F2N2O2/c10-5-1-4(2-14-7(5)11)9(17)15-3-6(16)8(12)13/h1-2,6,8,16H,3H2,(H,15,17). The number of aromatic nitrogens is 1. The molecule has 0 bridgehead atoms. The highest BCUT2D eigenvalue weighted by molar-refractivity contribution is 6.41. The van der Waals surface area contributed by atoms with Gasteiger partial charge in [-0.2, -0.15) is 0 Å². The molecule has 0 aliphatic carbocycles. The van der Waals surface area contributed by atoms with Crippen molar-refractivity contribution in [1.29, 1.82) is 0 Å². The van der Waals surface area contributed by atoms with Crippen LogP contribution in [0.25, 0.3) is 0 Å². The van der Waals surface area contributed by atoms with Gasteiger partial charge in [-0.15, -0.1) is 0 Å². The number of halogens is 4. The molecule has 0 spiro atoms. The topological polar surface area (TPSA) is 62.2 Å². The number of carbonyl (C=O) groups is 1. The summed E-state index contributed by atoms with van der Waals surface area (Å²) in [6, 6.07) is 1.25. The summed E-state index contributed by atoms with van der Waals surface area (Å²) in [5.41, 5.74) is 0.0702. The van der Waals surface area contributed by atoms with Crippen LogP contribution in [0.1, 0.15) is 10.4 Å². The first kappa shape index (κ1) is 14.1.